The third kappa shape index (κ3) is 2.30. The molecule has 19 heavy (non-hydrogen) atoms. The second kappa shape index (κ2) is 4.81. The Labute approximate surface area is 112 Å². The Bertz CT molecular complexity index is 578. The Morgan fingerprint density at radius 2 is 2.32 bits per heavy atom. The van der Waals surface area contributed by atoms with E-state index in [0.29, 0.717) is 17.7 Å². The van der Waals surface area contributed by atoms with Gasteiger partial charge in [-0.15, -0.1) is 0 Å². The molecule has 1 atom stereocenters. The van der Waals surface area contributed by atoms with Gasteiger partial charge in [-0.05, 0) is 45.4 Å². The van der Waals surface area contributed by atoms with Crippen LogP contribution >= 0.6 is 0 Å². The Morgan fingerprint density at radius 3 is 3.05 bits per heavy atom. The first-order chi connectivity index (χ1) is 9.15. The second-order valence-corrected chi connectivity index (χ2v) is 5.52. The van der Waals surface area contributed by atoms with Crippen LogP contribution in [-0.4, -0.2) is 43.2 Å². The molecule has 0 bridgehead atoms. The summed E-state index contributed by atoms with van der Waals surface area (Å²) in [5.41, 5.74) is 0.548. The molecule has 0 aliphatic carbocycles. The fourth-order valence-electron chi connectivity index (χ4n) is 2.99. The highest BCUT2D eigenvalue weighted by molar-refractivity contribution is 5.51. The molecule has 5 nitrogen and oxygen atoms in total. The molecular formula is C14H20N4O. The van der Waals surface area contributed by atoms with Gasteiger partial charge in [0.1, 0.15) is 0 Å². The molecule has 2 aromatic heterocycles. The van der Waals surface area contributed by atoms with E-state index >= 15 is 0 Å². The van der Waals surface area contributed by atoms with Crippen molar-refractivity contribution in [2.24, 2.45) is 0 Å². The topological polar surface area (TPSA) is 53.7 Å². The van der Waals surface area contributed by atoms with Crippen LogP contribution in [0.25, 0.3) is 5.65 Å². The molecule has 1 N–H and O–H groups in total. The van der Waals surface area contributed by atoms with E-state index in [-0.39, 0.29) is 5.75 Å². The van der Waals surface area contributed by atoms with Gasteiger partial charge >= 0.3 is 0 Å². The lowest BCUT2D eigenvalue weighted by molar-refractivity contribution is 0.201. The number of pyridine rings is 1. The zero-order chi connectivity index (χ0) is 13.4. The number of aromatic hydroxyl groups is 1. The molecule has 0 aromatic carbocycles. The van der Waals surface area contributed by atoms with Gasteiger partial charge in [-0.1, -0.05) is 0 Å². The van der Waals surface area contributed by atoms with Crippen molar-refractivity contribution in [1.29, 1.82) is 0 Å². The summed E-state index contributed by atoms with van der Waals surface area (Å²) in [7, 11) is 0. The van der Waals surface area contributed by atoms with E-state index in [1.165, 1.54) is 19.4 Å². The molecule has 1 unspecified atom stereocenters. The molecule has 3 rings (SSSR count). The molecule has 0 radical (unpaired) electrons. The maximum atomic E-state index is 9.75. The van der Waals surface area contributed by atoms with E-state index in [2.05, 4.69) is 28.8 Å². The minimum Gasteiger partial charge on any atom is -0.504 e. The average molecular weight is 260 g/mol. The predicted octanol–water partition coefficient (Wildman–Crippen LogP) is 1.85. The van der Waals surface area contributed by atoms with Gasteiger partial charge in [-0.2, -0.15) is 5.10 Å². The molecule has 0 amide bonds. The van der Waals surface area contributed by atoms with E-state index in [9.17, 15) is 5.11 Å². The number of hydrogen-bond donors (Lipinski definition) is 1. The molecule has 102 valence electrons. The van der Waals surface area contributed by atoms with Crippen LogP contribution in [0.15, 0.2) is 18.3 Å². The van der Waals surface area contributed by atoms with Gasteiger partial charge < -0.3 is 5.11 Å². The summed E-state index contributed by atoms with van der Waals surface area (Å²) >= 11 is 0. The normalized spacial score (nSPS) is 20.7. The Balaban J connectivity index is 1.83. The summed E-state index contributed by atoms with van der Waals surface area (Å²) in [6, 6.07) is 4.51. The van der Waals surface area contributed by atoms with Crippen LogP contribution in [0.4, 0.5) is 0 Å². The minimum absolute atomic E-state index is 0.188. The number of hydrogen-bond acceptors (Lipinski definition) is 4. The summed E-state index contributed by atoms with van der Waals surface area (Å²) in [4.78, 5) is 6.96. The maximum absolute atomic E-state index is 9.75. The fraction of sp³-hybridized carbons (Fsp3) is 0.571. The highest BCUT2D eigenvalue weighted by atomic mass is 16.3. The molecule has 5 heteroatoms. The predicted molar refractivity (Wildman–Crippen MR) is 73.2 cm³/mol. The van der Waals surface area contributed by atoms with Gasteiger partial charge in [0.25, 0.3) is 0 Å². The lowest BCUT2D eigenvalue weighted by Crippen LogP contribution is -2.36. The van der Waals surface area contributed by atoms with Gasteiger partial charge in [0.05, 0.1) is 0 Å². The first-order valence-electron chi connectivity index (χ1n) is 6.94. The monoisotopic (exact) mass is 260 g/mol. The Morgan fingerprint density at radius 1 is 1.47 bits per heavy atom. The maximum Gasteiger partial charge on any atom is 0.197 e. The van der Waals surface area contributed by atoms with Gasteiger partial charge in [-0.25, -0.2) is 9.50 Å². The van der Waals surface area contributed by atoms with Crippen LogP contribution in [0.2, 0.25) is 0 Å². The quantitative estimate of drug-likeness (QED) is 0.915. The average Bonchev–Trinajstić information content (AvgIpc) is 2.96. The van der Waals surface area contributed by atoms with Crippen LogP contribution in [0.1, 0.15) is 32.5 Å². The van der Waals surface area contributed by atoms with Crippen molar-refractivity contribution in [3.05, 3.63) is 24.2 Å². The molecule has 1 saturated heterocycles. The van der Waals surface area contributed by atoms with E-state index < -0.39 is 0 Å². The van der Waals surface area contributed by atoms with E-state index in [0.717, 1.165) is 12.2 Å². The van der Waals surface area contributed by atoms with Crippen molar-refractivity contribution < 1.29 is 5.11 Å². The van der Waals surface area contributed by atoms with Gasteiger partial charge in [0.15, 0.2) is 17.2 Å². The van der Waals surface area contributed by atoms with Crippen molar-refractivity contribution in [2.75, 3.05) is 6.54 Å². The summed E-state index contributed by atoms with van der Waals surface area (Å²) in [5.74, 6) is 1.01. The van der Waals surface area contributed by atoms with E-state index in [1.807, 2.05) is 6.20 Å². The summed E-state index contributed by atoms with van der Waals surface area (Å²) < 4.78 is 1.65. The minimum atomic E-state index is 0.188. The molecule has 2 aromatic rings. The van der Waals surface area contributed by atoms with Crippen molar-refractivity contribution >= 4 is 5.65 Å². The summed E-state index contributed by atoms with van der Waals surface area (Å²) in [5, 5.41) is 14.2. The molecule has 0 saturated carbocycles. The summed E-state index contributed by atoms with van der Waals surface area (Å²) in [6.07, 6.45) is 5.14. The lowest BCUT2D eigenvalue weighted by atomic mass is 10.1. The first-order valence-corrected chi connectivity index (χ1v) is 6.94. The smallest absolute Gasteiger partial charge is 0.197 e. The van der Waals surface area contributed by atoms with Gasteiger partial charge in [-0.3, -0.25) is 4.90 Å². The summed E-state index contributed by atoms with van der Waals surface area (Å²) in [6.45, 7) is 5.64. The van der Waals surface area contributed by atoms with Crippen LogP contribution in [0, 0.1) is 0 Å². The Kier molecular flexibility index (Phi) is 3.14. The second-order valence-electron chi connectivity index (χ2n) is 5.52. The van der Waals surface area contributed by atoms with Crippen molar-refractivity contribution in [1.82, 2.24) is 19.5 Å². The van der Waals surface area contributed by atoms with E-state index in [4.69, 9.17) is 0 Å². The van der Waals surface area contributed by atoms with Crippen LogP contribution < -0.4 is 0 Å². The van der Waals surface area contributed by atoms with Gasteiger partial charge in [0.2, 0.25) is 0 Å². The van der Waals surface area contributed by atoms with Crippen LogP contribution in [-0.2, 0) is 6.42 Å². The van der Waals surface area contributed by atoms with Crippen molar-refractivity contribution in [3.8, 4) is 5.75 Å². The standard InChI is InChI=1S/C14H20N4O/c1-10(2)17-7-3-5-11(17)9-13-15-14-12(19)6-4-8-18(14)16-13/h4,6,8,10-11,19H,3,5,7,9H2,1-2H3. The number of likely N-dealkylation sites (tertiary alicyclic amines) is 1. The first kappa shape index (κ1) is 12.4. The highest BCUT2D eigenvalue weighted by Crippen LogP contribution is 2.23. The van der Waals surface area contributed by atoms with Gasteiger partial charge in [0, 0.05) is 24.7 Å². The Hall–Kier alpha value is -1.62. The zero-order valence-electron chi connectivity index (χ0n) is 11.5. The third-order valence-corrected chi connectivity index (χ3v) is 3.89. The molecule has 1 aliphatic heterocycles. The molecule has 1 aliphatic rings. The molecular weight excluding hydrogens is 240 g/mol. The highest BCUT2D eigenvalue weighted by Gasteiger charge is 2.27. The largest absolute Gasteiger partial charge is 0.504 e. The zero-order valence-corrected chi connectivity index (χ0v) is 11.5. The molecule has 3 heterocycles. The number of aromatic nitrogens is 3. The van der Waals surface area contributed by atoms with Crippen molar-refractivity contribution in [3.63, 3.8) is 0 Å². The number of fused-ring (bicyclic) bond motifs is 1. The van der Waals surface area contributed by atoms with E-state index in [1.54, 1.807) is 16.6 Å². The third-order valence-electron chi connectivity index (χ3n) is 3.89. The number of rotatable bonds is 3. The lowest BCUT2D eigenvalue weighted by Gasteiger charge is -2.27. The van der Waals surface area contributed by atoms with Crippen LogP contribution in [0.5, 0.6) is 5.75 Å². The molecule has 1 fully saturated rings. The SMILES string of the molecule is CC(C)N1CCCC1Cc1nc2c(O)cccn2n1. The molecule has 0 spiro atoms. The van der Waals surface area contributed by atoms with Crippen LogP contribution in [0.3, 0.4) is 0 Å². The van der Waals surface area contributed by atoms with Crippen molar-refractivity contribution in [2.45, 2.75) is 45.2 Å². The fourth-order valence-corrected chi connectivity index (χ4v) is 2.99. The number of nitrogens with zero attached hydrogens (tertiary/aromatic N) is 4.